The van der Waals surface area contributed by atoms with Crippen LogP contribution >= 0.6 is 0 Å². The van der Waals surface area contributed by atoms with Crippen LogP contribution in [0, 0.1) is 5.92 Å². The monoisotopic (exact) mass is 208 g/mol. The van der Waals surface area contributed by atoms with Gasteiger partial charge in [0.15, 0.2) is 0 Å². The third-order valence-corrected chi connectivity index (χ3v) is 1.80. The van der Waals surface area contributed by atoms with Crippen molar-refractivity contribution >= 4 is 5.97 Å². The Morgan fingerprint density at radius 3 is 2.00 bits per heavy atom. The Kier molecular flexibility index (Phi) is 11.8. The van der Waals surface area contributed by atoms with E-state index in [2.05, 4.69) is 0 Å². The van der Waals surface area contributed by atoms with E-state index in [1.165, 1.54) is 0 Å². The molecule has 2 N–H and O–H groups in total. The van der Waals surface area contributed by atoms with Gasteiger partial charge in [0.25, 0.3) is 5.97 Å². The molecule has 0 radical (unpaired) electrons. The van der Waals surface area contributed by atoms with Crippen LogP contribution in [0.4, 0.5) is 4.39 Å². The van der Waals surface area contributed by atoms with Crippen molar-refractivity contribution in [1.82, 2.24) is 0 Å². The standard InChI is InChI=1S/C6H11FO.C2H4O2.C2H6/c7-6-3-1-2-5(6)4-8;1-2(3)4;1-2/h5-6,8H,1-4H2;1H3,(H,3,4);1-2H3. The Morgan fingerprint density at radius 1 is 1.43 bits per heavy atom. The van der Waals surface area contributed by atoms with E-state index < -0.39 is 12.1 Å². The highest BCUT2D eigenvalue weighted by molar-refractivity contribution is 5.62. The number of alkyl halides is 1. The summed E-state index contributed by atoms with van der Waals surface area (Å²) in [6, 6.07) is 0. The predicted molar refractivity (Wildman–Crippen MR) is 54.0 cm³/mol. The normalized spacial score (nSPS) is 24.1. The maximum atomic E-state index is 12.4. The van der Waals surface area contributed by atoms with Gasteiger partial charge in [-0.05, 0) is 12.8 Å². The molecule has 1 aliphatic rings. The van der Waals surface area contributed by atoms with Gasteiger partial charge in [0.2, 0.25) is 0 Å². The molecular weight excluding hydrogens is 187 g/mol. The molecule has 1 aliphatic carbocycles. The number of halogens is 1. The summed E-state index contributed by atoms with van der Waals surface area (Å²) in [6.07, 6.45) is 1.76. The van der Waals surface area contributed by atoms with E-state index in [1.54, 1.807) is 0 Å². The van der Waals surface area contributed by atoms with Gasteiger partial charge in [-0.25, -0.2) is 4.39 Å². The minimum absolute atomic E-state index is 0.0289. The van der Waals surface area contributed by atoms with E-state index in [0.717, 1.165) is 19.8 Å². The molecule has 0 bridgehead atoms. The summed E-state index contributed by atoms with van der Waals surface area (Å²) in [5, 5.41) is 15.9. The highest BCUT2D eigenvalue weighted by Gasteiger charge is 2.25. The van der Waals surface area contributed by atoms with Crippen LogP contribution < -0.4 is 0 Å². The number of carbonyl (C=O) groups is 1. The molecule has 2 atom stereocenters. The molecule has 0 aromatic carbocycles. The van der Waals surface area contributed by atoms with E-state index in [4.69, 9.17) is 15.0 Å². The molecule has 0 saturated heterocycles. The number of hydrogen-bond acceptors (Lipinski definition) is 2. The second-order valence-corrected chi connectivity index (χ2v) is 2.91. The van der Waals surface area contributed by atoms with Gasteiger partial charge < -0.3 is 10.2 Å². The molecule has 2 unspecified atom stereocenters. The number of carboxylic acids is 1. The number of aliphatic hydroxyl groups excluding tert-OH is 1. The Hall–Kier alpha value is -0.640. The summed E-state index contributed by atoms with van der Waals surface area (Å²) < 4.78 is 12.4. The van der Waals surface area contributed by atoms with Gasteiger partial charge in [-0.15, -0.1) is 0 Å². The lowest BCUT2D eigenvalue weighted by atomic mass is 10.1. The zero-order valence-electron chi connectivity index (χ0n) is 9.16. The summed E-state index contributed by atoms with van der Waals surface area (Å²) >= 11 is 0. The van der Waals surface area contributed by atoms with Crippen molar-refractivity contribution in [3.63, 3.8) is 0 Å². The topological polar surface area (TPSA) is 57.5 Å². The lowest BCUT2D eigenvalue weighted by Gasteiger charge is -2.05. The summed E-state index contributed by atoms with van der Waals surface area (Å²) in [7, 11) is 0. The van der Waals surface area contributed by atoms with Crippen LogP contribution in [0.2, 0.25) is 0 Å². The van der Waals surface area contributed by atoms with E-state index >= 15 is 0 Å². The number of aliphatic hydroxyl groups is 1. The average molecular weight is 208 g/mol. The van der Waals surface area contributed by atoms with Gasteiger partial charge in [-0.3, -0.25) is 4.79 Å². The largest absolute Gasteiger partial charge is 0.481 e. The molecule has 0 heterocycles. The van der Waals surface area contributed by atoms with Crippen molar-refractivity contribution in [1.29, 1.82) is 0 Å². The van der Waals surface area contributed by atoms with Crippen molar-refractivity contribution < 1.29 is 19.4 Å². The van der Waals surface area contributed by atoms with Crippen LogP contribution in [-0.4, -0.2) is 29.0 Å². The molecule has 0 aromatic rings. The van der Waals surface area contributed by atoms with Crippen molar-refractivity contribution in [2.45, 2.75) is 46.2 Å². The van der Waals surface area contributed by atoms with Crippen LogP contribution in [0.3, 0.4) is 0 Å². The highest BCUT2D eigenvalue weighted by atomic mass is 19.1. The molecule has 0 amide bonds. The molecule has 14 heavy (non-hydrogen) atoms. The zero-order valence-corrected chi connectivity index (χ0v) is 9.16. The van der Waals surface area contributed by atoms with Gasteiger partial charge in [-0.1, -0.05) is 20.3 Å². The van der Waals surface area contributed by atoms with Gasteiger partial charge in [0.1, 0.15) is 6.17 Å². The number of hydrogen-bond donors (Lipinski definition) is 2. The second kappa shape index (κ2) is 10.4. The Labute approximate surface area is 84.9 Å². The molecular formula is C10H21FO3. The molecule has 4 heteroatoms. The summed E-state index contributed by atoms with van der Waals surface area (Å²) in [5.74, 6) is -0.880. The van der Waals surface area contributed by atoms with Gasteiger partial charge in [-0.2, -0.15) is 0 Å². The van der Waals surface area contributed by atoms with Crippen LogP contribution in [0.15, 0.2) is 0 Å². The number of aliphatic carboxylic acids is 1. The zero-order chi connectivity index (χ0) is 11.6. The van der Waals surface area contributed by atoms with Crippen LogP contribution in [0.1, 0.15) is 40.0 Å². The predicted octanol–water partition coefficient (Wildman–Crippen LogP) is 2.23. The van der Waals surface area contributed by atoms with Gasteiger partial charge >= 0.3 is 0 Å². The molecule has 0 aromatic heterocycles. The molecule has 1 fully saturated rings. The minimum atomic E-state index is -0.833. The van der Waals surface area contributed by atoms with E-state index in [9.17, 15) is 4.39 Å². The third kappa shape index (κ3) is 9.45. The number of carboxylic acid groups (broad SMARTS) is 1. The fourth-order valence-corrected chi connectivity index (χ4v) is 1.20. The van der Waals surface area contributed by atoms with E-state index in [0.29, 0.717) is 6.42 Å². The van der Waals surface area contributed by atoms with Gasteiger partial charge in [0, 0.05) is 19.4 Å². The second-order valence-electron chi connectivity index (χ2n) is 2.91. The lowest BCUT2D eigenvalue weighted by molar-refractivity contribution is -0.134. The van der Waals surface area contributed by atoms with Crippen molar-refractivity contribution in [2.24, 2.45) is 5.92 Å². The quantitative estimate of drug-likeness (QED) is 0.694. The SMILES string of the molecule is CC.CC(=O)O.OCC1CCCC1F. The summed E-state index contributed by atoms with van der Waals surface area (Å²) in [6.45, 7) is 5.11. The van der Waals surface area contributed by atoms with E-state index in [1.807, 2.05) is 13.8 Å². The Bertz CT molecular complexity index is 135. The molecule has 3 nitrogen and oxygen atoms in total. The van der Waals surface area contributed by atoms with Crippen LogP contribution in [0.5, 0.6) is 0 Å². The Balaban J connectivity index is 0. The first kappa shape index (κ1) is 15.8. The summed E-state index contributed by atoms with van der Waals surface area (Å²) in [4.78, 5) is 9.00. The van der Waals surface area contributed by atoms with Crippen LogP contribution in [-0.2, 0) is 4.79 Å². The molecule has 1 saturated carbocycles. The minimum Gasteiger partial charge on any atom is -0.481 e. The van der Waals surface area contributed by atoms with Crippen LogP contribution in [0.25, 0.3) is 0 Å². The van der Waals surface area contributed by atoms with Gasteiger partial charge in [0.05, 0.1) is 0 Å². The maximum absolute atomic E-state index is 12.4. The Morgan fingerprint density at radius 2 is 1.86 bits per heavy atom. The first-order valence-electron chi connectivity index (χ1n) is 5.02. The number of rotatable bonds is 1. The highest BCUT2D eigenvalue weighted by Crippen LogP contribution is 2.27. The molecule has 1 rings (SSSR count). The maximum Gasteiger partial charge on any atom is 0.300 e. The molecule has 0 spiro atoms. The first-order chi connectivity index (χ1) is 6.57. The average Bonchev–Trinajstić information content (AvgIpc) is 2.53. The fourth-order valence-electron chi connectivity index (χ4n) is 1.20. The summed E-state index contributed by atoms with van der Waals surface area (Å²) in [5.41, 5.74) is 0. The molecule has 0 aliphatic heterocycles. The fraction of sp³-hybridized carbons (Fsp3) is 0.900. The lowest BCUT2D eigenvalue weighted by Crippen LogP contribution is -2.11. The van der Waals surface area contributed by atoms with Crippen molar-refractivity contribution in [3.05, 3.63) is 0 Å². The smallest absolute Gasteiger partial charge is 0.300 e. The van der Waals surface area contributed by atoms with Crippen molar-refractivity contribution in [3.8, 4) is 0 Å². The molecule has 86 valence electrons. The first-order valence-corrected chi connectivity index (χ1v) is 5.02. The third-order valence-electron chi connectivity index (χ3n) is 1.80. The van der Waals surface area contributed by atoms with Crippen molar-refractivity contribution in [2.75, 3.05) is 6.61 Å². The van der Waals surface area contributed by atoms with E-state index in [-0.39, 0.29) is 12.5 Å².